The van der Waals surface area contributed by atoms with Crippen molar-refractivity contribution in [1.29, 1.82) is 0 Å². The number of nitrogens with zero attached hydrogens (tertiary/aromatic N) is 1. The lowest BCUT2D eigenvalue weighted by Crippen LogP contribution is -2.08. The molecule has 5 heteroatoms. The Morgan fingerprint density at radius 2 is 2.21 bits per heavy atom. The van der Waals surface area contributed by atoms with Gasteiger partial charge in [0, 0.05) is 19.2 Å². The molecule has 0 saturated carbocycles. The highest BCUT2D eigenvalue weighted by Gasteiger charge is 2.09. The quantitative estimate of drug-likeness (QED) is 0.784. The van der Waals surface area contributed by atoms with Crippen LogP contribution >= 0.6 is 15.9 Å². The van der Waals surface area contributed by atoms with Crippen LogP contribution in [-0.4, -0.2) is 11.7 Å². The van der Waals surface area contributed by atoms with Gasteiger partial charge in [-0.15, -0.1) is 0 Å². The van der Waals surface area contributed by atoms with E-state index in [9.17, 15) is 4.79 Å². The van der Waals surface area contributed by atoms with E-state index >= 15 is 0 Å². The van der Waals surface area contributed by atoms with Crippen molar-refractivity contribution in [3.8, 4) is 5.75 Å². The number of methoxy groups -OCH3 is 1. The topological polar surface area (TPSA) is 44.4 Å². The molecule has 0 aliphatic carbocycles. The number of aromatic nitrogens is 1. The summed E-state index contributed by atoms with van der Waals surface area (Å²) in [7, 11) is 3.23. The summed E-state index contributed by atoms with van der Waals surface area (Å²) in [4.78, 5) is 11.2. The Bertz CT molecular complexity index is 541. The number of halogens is 1. The molecule has 0 unspecified atom stereocenters. The first kappa shape index (κ1) is 9.33. The van der Waals surface area contributed by atoms with Crippen LogP contribution in [0.5, 0.6) is 5.75 Å². The number of rotatable bonds is 1. The van der Waals surface area contributed by atoms with Crippen LogP contribution in [0.4, 0.5) is 0 Å². The first-order valence-electron chi connectivity index (χ1n) is 3.96. The third-order valence-corrected chi connectivity index (χ3v) is 2.69. The molecule has 0 bridgehead atoms. The molecule has 0 aliphatic heterocycles. The van der Waals surface area contributed by atoms with E-state index in [1.165, 1.54) is 4.57 Å². The number of hydrogen-bond acceptors (Lipinski definition) is 3. The van der Waals surface area contributed by atoms with Gasteiger partial charge in [-0.2, -0.15) is 0 Å². The molecule has 4 nitrogen and oxygen atoms in total. The van der Waals surface area contributed by atoms with Crippen LogP contribution in [0.25, 0.3) is 11.1 Å². The van der Waals surface area contributed by atoms with Crippen molar-refractivity contribution in [3.05, 3.63) is 27.2 Å². The van der Waals surface area contributed by atoms with E-state index in [1.807, 2.05) is 0 Å². The zero-order valence-corrected chi connectivity index (χ0v) is 9.29. The van der Waals surface area contributed by atoms with E-state index in [4.69, 9.17) is 9.15 Å². The summed E-state index contributed by atoms with van der Waals surface area (Å²) in [6.45, 7) is 0. The zero-order chi connectivity index (χ0) is 10.3. The molecule has 14 heavy (non-hydrogen) atoms. The minimum Gasteiger partial charge on any atom is -0.495 e. The SMILES string of the molecule is COc1cc2c(cc1Br)oc(=O)n2C. The predicted octanol–water partition coefficient (Wildman–Crippen LogP) is 1.90. The summed E-state index contributed by atoms with van der Waals surface area (Å²) in [5, 5.41) is 0. The minimum atomic E-state index is -0.375. The first-order valence-corrected chi connectivity index (χ1v) is 4.76. The lowest BCUT2D eigenvalue weighted by atomic mass is 10.3. The highest BCUT2D eigenvalue weighted by Crippen LogP contribution is 2.29. The first-order chi connectivity index (χ1) is 6.63. The molecule has 2 rings (SSSR count). The summed E-state index contributed by atoms with van der Waals surface area (Å²) < 4.78 is 12.3. The van der Waals surface area contributed by atoms with Crippen LogP contribution < -0.4 is 10.5 Å². The van der Waals surface area contributed by atoms with Crippen LogP contribution in [-0.2, 0) is 7.05 Å². The van der Waals surface area contributed by atoms with Crippen LogP contribution in [0.3, 0.4) is 0 Å². The Balaban J connectivity index is 2.87. The van der Waals surface area contributed by atoms with Gasteiger partial charge in [0.25, 0.3) is 0 Å². The van der Waals surface area contributed by atoms with Gasteiger partial charge in [0.2, 0.25) is 0 Å². The van der Waals surface area contributed by atoms with Crippen LogP contribution in [0.15, 0.2) is 25.8 Å². The summed E-state index contributed by atoms with van der Waals surface area (Å²) in [6, 6.07) is 3.47. The molecule has 0 saturated heterocycles. The lowest BCUT2D eigenvalue weighted by Gasteiger charge is -2.02. The second-order valence-electron chi connectivity index (χ2n) is 2.88. The maximum absolute atomic E-state index is 11.2. The summed E-state index contributed by atoms with van der Waals surface area (Å²) in [6.07, 6.45) is 0. The van der Waals surface area contributed by atoms with Gasteiger partial charge in [-0.1, -0.05) is 0 Å². The number of aryl methyl sites for hydroxylation is 1. The minimum absolute atomic E-state index is 0.375. The van der Waals surface area contributed by atoms with Crippen molar-refractivity contribution in [2.75, 3.05) is 7.11 Å². The van der Waals surface area contributed by atoms with Crippen molar-refractivity contribution in [2.24, 2.45) is 7.05 Å². The molecular formula is C9H8BrNO3. The van der Waals surface area contributed by atoms with Gasteiger partial charge < -0.3 is 9.15 Å². The fourth-order valence-corrected chi connectivity index (χ4v) is 1.77. The van der Waals surface area contributed by atoms with Crippen LogP contribution in [0.1, 0.15) is 0 Å². The van der Waals surface area contributed by atoms with E-state index in [2.05, 4.69) is 15.9 Å². The highest BCUT2D eigenvalue weighted by molar-refractivity contribution is 9.10. The fourth-order valence-electron chi connectivity index (χ4n) is 1.29. The molecule has 1 aromatic heterocycles. The summed E-state index contributed by atoms with van der Waals surface area (Å²) >= 11 is 3.32. The van der Waals surface area contributed by atoms with Gasteiger partial charge in [-0.25, -0.2) is 4.79 Å². The van der Waals surface area contributed by atoms with Gasteiger partial charge >= 0.3 is 5.76 Å². The van der Waals surface area contributed by atoms with Crippen molar-refractivity contribution in [1.82, 2.24) is 4.57 Å². The third kappa shape index (κ3) is 1.24. The van der Waals surface area contributed by atoms with E-state index in [0.29, 0.717) is 11.3 Å². The maximum atomic E-state index is 11.2. The Labute approximate surface area is 88.2 Å². The fraction of sp³-hybridized carbons (Fsp3) is 0.222. The molecule has 1 heterocycles. The van der Waals surface area contributed by atoms with Crippen molar-refractivity contribution in [3.63, 3.8) is 0 Å². The molecule has 0 spiro atoms. The Morgan fingerprint density at radius 3 is 2.86 bits per heavy atom. The average molecular weight is 258 g/mol. The average Bonchev–Trinajstić information content (AvgIpc) is 2.41. The van der Waals surface area contributed by atoms with E-state index in [1.54, 1.807) is 26.3 Å². The number of hydrogen-bond donors (Lipinski definition) is 0. The van der Waals surface area contributed by atoms with Gasteiger partial charge in [-0.3, -0.25) is 4.57 Å². The number of benzene rings is 1. The third-order valence-electron chi connectivity index (χ3n) is 2.07. The Morgan fingerprint density at radius 1 is 1.50 bits per heavy atom. The molecular weight excluding hydrogens is 250 g/mol. The number of oxazole rings is 1. The predicted molar refractivity (Wildman–Crippen MR) is 55.7 cm³/mol. The molecule has 74 valence electrons. The van der Waals surface area contributed by atoms with Crippen LogP contribution in [0, 0.1) is 0 Å². The normalized spacial score (nSPS) is 10.8. The monoisotopic (exact) mass is 257 g/mol. The largest absolute Gasteiger partial charge is 0.495 e. The molecule has 0 N–H and O–H groups in total. The standard InChI is InChI=1S/C9H8BrNO3/c1-11-6-4-7(13-2)5(10)3-8(6)14-9(11)12/h3-4H,1-2H3. The van der Waals surface area contributed by atoms with Crippen molar-refractivity contribution >= 4 is 27.0 Å². The van der Waals surface area contributed by atoms with Gasteiger partial charge in [0.15, 0.2) is 5.58 Å². The molecule has 0 fully saturated rings. The van der Waals surface area contributed by atoms with Gasteiger partial charge in [-0.05, 0) is 15.9 Å². The zero-order valence-electron chi connectivity index (χ0n) is 7.70. The second-order valence-corrected chi connectivity index (χ2v) is 3.74. The van der Waals surface area contributed by atoms with E-state index in [-0.39, 0.29) is 5.76 Å². The molecule has 0 atom stereocenters. The summed E-state index contributed by atoms with van der Waals surface area (Å²) in [5.41, 5.74) is 1.26. The lowest BCUT2D eigenvalue weighted by molar-refractivity contribution is 0.412. The number of fused-ring (bicyclic) bond motifs is 1. The van der Waals surface area contributed by atoms with Gasteiger partial charge in [0.05, 0.1) is 17.1 Å². The summed E-state index contributed by atoms with van der Waals surface area (Å²) in [5.74, 6) is 0.300. The molecule has 0 aliphatic rings. The molecule has 2 aromatic rings. The highest BCUT2D eigenvalue weighted by atomic mass is 79.9. The molecule has 1 aromatic carbocycles. The smallest absolute Gasteiger partial charge is 0.419 e. The maximum Gasteiger partial charge on any atom is 0.419 e. The molecule has 0 amide bonds. The Hall–Kier alpha value is -1.23. The van der Waals surface area contributed by atoms with Gasteiger partial charge in [0.1, 0.15) is 5.75 Å². The molecule has 0 radical (unpaired) electrons. The Kier molecular flexibility index (Phi) is 2.11. The second kappa shape index (κ2) is 3.16. The van der Waals surface area contributed by atoms with Crippen molar-refractivity contribution in [2.45, 2.75) is 0 Å². The van der Waals surface area contributed by atoms with E-state index < -0.39 is 0 Å². The van der Waals surface area contributed by atoms with Crippen molar-refractivity contribution < 1.29 is 9.15 Å². The van der Waals surface area contributed by atoms with Crippen LogP contribution in [0.2, 0.25) is 0 Å². The van der Waals surface area contributed by atoms with E-state index in [0.717, 1.165) is 9.99 Å². The number of ether oxygens (including phenoxy) is 1.